The van der Waals surface area contributed by atoms with Gasteiger partial charge in [0, 0.05) is 35.2 Å². The quantitative estimate of drug-likeness (QED) is 0.559. The molecule has 7 nitrogen and oxygen atoms in total. The largest absolute Gasteiger partial charge is 0.393 e. The van der Waals surface area contributed by atoms with Gasteiger partial charge in [0.2, 0.25) is 0 Å². The molecule has 3 atom stereocenters. The van der Waals surface area contributed by atoms with Crippen molar-refractivity contribution in [2.75, 3.05) is 39.5 Å². The van der Waals surface area contributed by atoms with Crippen molar-refractivity contribution in [3.63, 3.8) is 0 Å². The second-order valence-corrected chi connectivity index (χ2v) is 13.8. The van der Waals surface area contributed by atoms with Crippen LogP contribution in [-0.2, 0) is 18.9 Å². The summed E-state index contributed by atoms with van der Waals surface area (Å²) in [6, 6.07) is 0. The molecular weight excluding hydrogens is 432 g/mol. The Hall–Kier alpha value is -0.280. The highest BCUT2D eigenvalue weighted by atomic mass is 16.6. The van der Waals surface area contributed by atoms with Crippen LogP contribution in [0.5, 0.6) is 0 Å². The smallest absolute Gasteiger partial charge is 0.104 e. The number of epoxide rings is 3. The van der Waals surface area contributed by atoms with E-state index in [9.17, 15) is 5.11 Å². The van der Waals surface area contributed by atoms with Gasteiger partial charge in [-0.15, -0.1) is 0 Å². The Bertz CT molecular complexity index is 661. The molecular formula is C27H50N2O5. The van der Waals surface area contributed by atoms with Crippen molar-refractivity contribution in [1.82, 2.24) is 9.80 Å². The van der Waals surface area contributed by atoms with Crippen LogP contribution in [0.3, 0.4) is 0 Å². The van der Waals surface area contributed by atoms with Gasteiger partial charge in [0.15, 0.2) is 0 Å². The first-order valence-electron chi connectivity index (χ1n) is 13.4. The van der Waals surface area contributed by atoms with Gasteiger partial charge in [-0.25, -0.2) is 0 Å². The van der Waals surface area contributed by atoms with Crippen LogP contribution in [0.4, 0.5) is 0 Å². The normalized spacial score (nSPS) is 36.4. The van der Waals surface area contributed by atoms with Crippen LogP contribution in [0.15, 0.2) is 0 Å². The van der Waals surface area contributed by atoms with Crippen molar-refractivity contribution >= 4 is 0 Å². The van der Waals surface area contributed by atoms with Crippen LogP contribution in [-0.4, -0.2) is 107 Å². The SMILES string of the molecule is CC1(C)CC(O)CC(C)(C)N1CC1CO1.CC1(C)CC(OCC2CO2)CC(C)(C)N1CC1CO1. The average molecular weight is 483 g/mol. The molecule has 3 unspecified atom stereocenters. The molecule has 0 saturated carbocycles. The molecule has 0 aromatic heterocycles. The third-order valence-electron chi connectivity index (χ3n) is 8.34. The van der Waals surface area contributed by atoms with Gasteiger partial charge in [0.25, 0.3) is 0 Å². The lowest BCUT2D eigenvalue weighted by Gasteiger charge is -2.55. The summed E-state index contributed by atoms with van der Waals surface area (Å²) >= 11 is 0. The van der Waals surface area contributed by atoms with Crippen LogP contribution in [0.1, 0.15) is 81.1 Å². The number of piperidine rings is 2. The van der Waals surface area contributed by atoms with Crippen LogP contribution in [0, 0.1) is 0 Å². The molecule has 198 valence electrons. The molecule has 5 rings (SSSR count). The van der Waals surface area contributed by atoms with Crippen LogP contribution in [0.25, 0.3) is 0 Å². The summed E-state index contributed by atoms with van der Waals surface area (Å²) in [4.78, 5) is 5.12. The van der Waals surface area contributed by atoms with Crippen molar-refractivity contribution in [2.45, 2.75) is 134 Å². The first-order valence-corrected chi connectivity index (χ1v) is 13.4. The molecule has 0 spiro atoms. The molecule has 0 aromatic carbocycles. The van der Waals surface area contributed by atoms with E-state index in [2.05, 4.69) is 65.2 Å². The fourth-order valence-electron chi connectivity index (χ4n) is 6.76. The molecule has 0 radical (unpaired) electrons. The number of ether oxygens (including phenoxy) is 4. The number of rotatable bonds is 7. The van der Waals surface area contributed by atoms with Gasteiger partial charge in [-0.3, -0.25) is 9.80 Å². The van der Waals surface area contributed by atoms with E-state index in [-0.39, 0.29) is 28.3 Å². The second kappa shape index (κ2) is 9.55. The van der Waals surface area contributed by atoms with Gasteiger partial charge in [-0.2, -0.15) is 0 Å². The number of aliphatic hydroxyl groups excluding tert-OH is 1. The lowest BCUT2D eigenvalue weighted by atomic mass is 9.78. The number of nitrogens with zero attached hydrogens (tertiary/aromatic N) is 2. The van der Waals surface area contributed by atoms with Gasteiger partial charge in [0.05, 0.1) is 50.8 Å². The van der Waals surface area contributed by atoms with Crippen molar-refractivity contribution in [1.29, 1.82) is 0 Å². The zero-order chi connectivity index (χ0) is 24.9. The lowest BCUT2D eigenvalue weighted by Crippen LogP contribution is -2.63. The van der Waals surface area contributed by atoms with E-state index in [4.69, 9.17) is 18.9 Å². The number of aliphatic hydroxyl groups is 1. The molecule has 5 aliphatic heterocycles. The Kier molecular flexibility index (Phi) is 7.52. The Morgan fingerprint density at radius 2 is 1.00 bits per heavy atom. The van der Waals surface area contributed by atoms with E-state index < -0.39 is 0 Å². The lowest BCUT2D eigenvalue weighted by molar-refractivity contribution is -0.107. The first-order chi connectivity index (χ1) is 15.7. The molecule has 7 heteroatoms. The predicted molar refractivity (Wildman–Crippen MR) is 133 cm³/mol. The Morgan fingerprint density at radius 3 is 1.35 bits per heavy atom. The maximum atomic E-state index is 9.89. The summed E-state index contributed by atoms with van der Waals surface area (Å²) in [5.74, 6) is 0. The minimum absolute atomic E-state index is 0.0765. The monoisotopic (exact) mass is 482 g/mol. The molecule has 0 bridgehead atoms. The zero-order valence-electron chi connectivity index (χ0n) is 22.9. The van der Waals surface area contributed by atoms with Gasteiger partial charge in [-0.1, -0.05) is 0 Å². The summed E-state index contributed by atoms with van der Waals surface area (Å²) in [6.45, 7) is 23.8. The van der Waals surface area contributed by atoms with E-state index in [0.29, 0.717) is 24.4 Å². The maximum absolute atomic E-state index is 9.89. The minimum Gasteiger partial charge on any atom is -0.393 e. The minimum atomic E-state index is -0.161. The molecule has 5 heterocycles. The number of hydrogen-bond acceptors (Lipinski definition) is 7. The van der Waals surface area contributed by atoms with Crippen molar-refractivity contribution < 1.29 is 24.1 Å². The maximum Gasteiger partial charge on any atom is 0.104 e. The molecule has 5 aliphatic rings. The highest BCUT2D eigenvalue weighted by molar-refractivity contribution is 5.03. The third-order valence-corrected chi connectivity index (χ3v) is 8.34. The zero-order valence-corrected chi connectivity index (χ0v) is 22.9. The summed E-state index contributed by atoms with van der Waals surface area (Å²) in [6.07, 6.45) is 5.36. The van der Waals surface area contributed by atoms with E-state index in [1.165, 1.54) is 0 Å². The Labute approximate surface area is 207 Å². The molecule has 34 heavy (non-hydrogen) atoms. The fraction of sp³-hybridized carbons (Fsp3) is 1.00. The van der Waals surface area contributed by atoms with Crippen molar-refractivity contribution in [3.05, 3.63) is 0 Å². The first kappa shape index (κ1) is 26.8. The van der Waals surface area contributed by atoms with Gasteiger partial charge in [-0.05, 0) is 81.1 Å². The van der Waals surface area contributed by atoms with E-state index in [0.717, 1.165) is 65.2 Å². The van der Waals surface area contributed by atoms with Crippen LogP contribution in [0.2, 0.25) is 0 Å². The van der Waals surface area contributed by atoms with E-state index in [1.54, 1.807) is 0 Å². The van der Waals surface area contributed by atoms with Gasteiger partial charge >= 0.3 is 0 Å². The van der Waals surface area contributed by atoms with Crippen LogP contribution < -0.4 is 0 Å². The molecule has 5 fully saturated rings. The number of likely N-dealkylation sites (tertiary alicyclic amines) is 2. The Morgan fingerprint density at radius 1 is 0.647 bits per heavy atom. The highest BCUT2D eigenvalue weighted by Gasteiger charge is 2.48. The topological polar surface area (TPSA) is 73.5 Å². The highest BCUT2D eigenvalue weighted by Crippen LogP contribution is 2.41. The summed E-state index contributed by atoms with van der Waals surface area (Å²) in [7, 11) is 0. The summed E-state index contributed by atoms with van der Waals surface area (Å²) < 4.78 is 22.0. The molecule has 1 N–H and O–H groups in total. The fourth-order valence-corrected chi connectivity index (χ4v) is 6.76. The standard InChI is InChI=1S/C15H27NO3.C12H23NO2/c1-14(2)5-11(17-9-13-10-19-13)6-15(3,4)16(14)7-12-8-18-12;1-11(2)5-9(14)6-12(3,4)13(11)7-10-8-15-10/h11-13H,5-10H2,1-4H3;9-10,14H,5-8H2,1-4H3. The van der Waals surface area contributed by atoms with Crippen molar-refractivity contribution in [3.8, 4) is 0 Å². The predicted octanol–water partition coefficient (Wildman–Crippen LogP) is 3.22. The van der Waals surface area contributed by atoms with E-state index in [1.807, 2.05) is 0 Å². The average Bonchev–Trinajstić information content (AvgIpc) is 3.52. The van der Waals surface area contributed by atoms with E-state index >= 15 is 0 Å². The second-order valence-electron chi connectivity index (χ2n) is 13.8. The van der Waals surface area contributed by atoms with Crippen molar-refractivity contribution in [2.24, 2.45) is 0 Å². The Balaban J connectivity index is 0.000000166. The molecule has 0 amide bonds. The molecule has 0 aliphatic carbocycles. The third kappa shape index (κ3) is 6.93. The van der Waals surface area contributed by atoms with Gasteiger partial charge < -0.3 is 24.1 Å². The molecule has 0 aromatic rings. The summed E-state index contributed by atoms with van der Waals surface area (Å²) in [5.41, 5.74) is 0.492. The van der Waals surface area contributed by atoms with Gasteiger partial charge in [0.1, 0.15) is 6.10 Å². The summed E-state index contributed by atoms with van der Waals surface area (Å²) in [5, 5.41) is 9.89. The van der Waals surface area contributed by atoms with Crippen LogP contribution >= 0.6 is 0 Å². The number of hydrogen-bond donors (Lipinski definition) is 1. The molecule has 5 saturated heterocycles.